The minimum Gasteiger partial charge on any atom is -0.343 e. The Labute approximate surface area is 118 Å². The summed E-state index contributed by atoms with van der Waals surface area (Å²) in [5.74, 6) is -0.471. The Morgan fingerprint density at radius 1 is 1.30 bits per heavy atom. The van der Waals surface area contributed by atoms with Crippen LogP contribution in [0.2, 0.25) is 0 Å². The molecule has 1 heterocycles. The number of sulfonamides is 1. The monoisotopic (exact) mass is 293 g/mol. The Morgan fingerprint density at radius 3 is 2.65 bits per heavy atom. The van der Waals surface area contributed by atoms with Gasteiger partial charge < -0.3 is 4.90 Å². The van der Waals surface area contributed by atoms with Crippen LogP contribution in [-0.4, -0.2) is 50.2 Å². The molecule has 0 saturated carbocycles. The number of nitrogens with zero attached hydrogens (tertiary/aromatic N) is 3. The summed E-state index contributed by atoms with van der Waals surface area (Å²) >= 11 is 0. The second kappa shape index (κ2) is 5.61. The molecular formula is C13H15N3O3S. The van der Waals surface area contributed by atoms with Gasteiger partial charge in [-0.25, -0.2) is 8.42 Å². The lowest BCUT2D eigenvalue weighted by Gasteiger charge is -2.31. The summed E-state index contributed by atoms with van der Waals surface area (Å²) in [5, 5.41) is 8.98. The first-order valence-electron chi connectivity index (χ1n) is 6.14. The van der Waals surface area contributed by atoms with Crippen molar-refractivity contribution in [3.8, 4) is 6.07 Å². The molecule has 7 heteroatoms. The maximum absolute atomic E-state index is 12.3. The van der Waals surface area contributed by atoms with Gasteiger partial charge in [-0.15, -0.1) is 0 Å². The predicted octanol–water partition coefficient (Wildman–Crippen LogP) is 0.162. The van der Waals surface area contributed by atoms with Gasteiger partial charge in [-0.2, -0.15) is 9.57 Å². The van der Waals surface area contributed by atoms with Gasteiger partial charge in [-0.05, 0) is 11.6 Å². The molecule has 6 nitrogen and oxygen atoms in total. The number of rotatable bonds is 3. The van der Waals surface area contributed by atoms with Gasteiger partial charge >= 0.3 is 0 Å². The molecule has 1 amide bonds. The Hall–Kier alpha value is -1.91. The van der Waals surface area contributed by atoms with Crippen molar-refractivity contribution in [1.29, 1.82) is 5.26 Å². The van der Waals surface area contributed by atoms with E-state index in [-0.39, 0.29) is 18.2 Å². The van der Waals surface area contributed by atoms with Crippen LogP contribution in [0.25, 0.3) is 0 Å². The van der Waals surface area contributed by atoms with E-state index in [1.54, 1.807) is 31.3 Å². The van der Waals surface area contributed by atoms with Crippen molar-refractivity contribution in [3.63, 3.8) is 0 Å². The van der Waals surface area contributed by atoms with Crippen molar-refractivity contribution < 1.29 is 13.2 Å². The SMILES string of the molecule is CN1CCN(S(=O)(=O)Cc2ccccc2C#N)CC1=O. The average molecular weight is 293 g/mol. The highest BCUT2D eigenvalue weighted by Gasteiger charge is 2.30. The van der Waals surface area contributed by atoms with E-state index >= 15 is 0 Å². The number of hydrogen-bond donors (Lipinski definition) is 0. The number of nitriles is 1. The second-order valence-electron chi connectivity index (χ2n) is 4.67. The molecule has 106 valence electrons. The van der Waals surface area contributed by atoms with Crippen molar-refractivity contribution in [1.82, 2.24) is 9.21 Å². The Bertz CT molecular complexity index is 664. The first-order chi connectivity index (χ1) is 9.44. The lowest BCUT2D eigenvalue weighted by molar-refractivity contribution is -0.132. The summed E-state index contributed by atoms with van der Waals surface area (Å²) in [6.07, 6.45) is 0. The molecule has 1 aromatic carbocycles. The summed E-state index contributed by atoms with van der Waals surface area (Å²) in [5.41, 5.74) is 0.804. The van der Waals surface area contributed by atoms with Gasteiger partial charge in [0, 0.05) is 20.1 Å². The lowest BCUT2D eigenvalue weighted by Crippen LogP contribution is -2.50. The van der Waals surface area contributed by atoms with Crippen molar-refractivity contribution in [2.24, 2.45) is 0 Å². The first kappa shape index (κ1) is 14.5. The van der Waals surface area contributed by atoms with E-state index in [0.717, 1.165) is 0 Å². The minimum atomic E-state index is -3.59. The van der Waals surface area contributed by atoms with Crippen molar-refractivity contribution in [2.75, 3.05) is 26.7 Å². The third-order valence-corrected chi connectivity index (χ3v) is 5.07. The fourth-order valence-corrected chi connectivity index (χ4v) is 3.51. The molecule has 0 bridgehead atoms. The van der Waals surface area contributed by atoms with Crippen LogP contribution in [0.5, 0.6) is 0 Å². The molecule has 1 aromatic rings. The largest absolute Gasteiger partial charge is 0.343 e. The number of carbonyl (C=O) groups is 1. The average Bonchev–Trinajstić information content (AvgIpc) is 2.42. The molecular weight excluding hydrogens is 278 g/mol. The number of benzene rings is 1. The quantitative estimate of drug-likeness (QED) is 0.795. The van der Waals surface area contributed by atoms with Gasteiger partial charge in [0.25, 0.3) is 0 Å². The van der Waals surface area contributed by atoms with Gasteiger partial charge in [0.2, 0.25) is 15.9 Å². The van der Waals surface area contributed by atoms with Crippen molar-refractivity contribution in [2.45, 2.75) is 5.75 Å². The Balaban J connectivity index is 2.20. The van der Waals surface area contributed by atoms with E-state index in [2.05, 4.69) is 0 Å². The van der Waals surface area contributed by atoms with Crippen LogP contribution in [0.4, 0.5) is 0 Å². The number of piperazine rings is 1. The molecule has 1 aliphatic rings. The summed E-state index contributed by atoms with van der Waals surface area (Å²) in [6.45, 7) is 0.546. The molecule has 20 heavy (non-hydrogen) atoms. The van der Waals surface area contributed by atoms with E-state index in [4.69, 9.17) is 5.26 Å². The summed E-state index contributed by atoms with van der Waals surface area (Å²) in [4.78, 5) is 13.1. The van der Waals surface area contributed by atoms with E-state index in [1.807, 2.05) is 6.07 Å². The fourth-order valence-electron chi connectivity index (χ4n) is 2.02. The zero-order valence-electron chi connectivity index (χ0n) is 11.1. The van der Waals surface area contributed by atoms with E-state index in [0.29, 0.717) is 24.2 Å². The third-order valence-electron chi connectivity index (χ3n) is 3.29. The second-order valence-corrected chi connectivity index (χ2v) is 6.64. The van der Waals surface area contributed by atoms with Crippen LogP contribution in [0.3, 0.4) is 0 Å². The molecule has 0 atom stereocenters. The number of amides is 1. The molecule has 1 saturated heterocycles. The zero-order chi connectivity index (χ0) is 14.8. The van der Waals surface area contributed by atoms with Crippen LogP contribution in [-0.2, 0) is 20.6 Å². The normalized spacial score (nSPS) is 17.0. The molecule has 1 aliphatic heterocycles. The van der Waals surface area contributed by atoms with E-state index in [9.17, 15) is 13.2 Å². The third kappa shape index (κ3) is 2.98. The van der Waals surface area contributed by atoms with Gasteiger partial charge in [0.15, 0.2) is 0 Å². The fraction of sp³-hybridized carbons (Fsp3) is 0.385. The van der Waals surface area contributed by atoms with Crippen LogP contribution in [0.1, 0.15) is 11.1 Å². The highest BCUT2D eigenvalue weighted by molar-refractivity contribution is 7.88. The van der Waals surface area contributed by atoms with Gasteiger partial charge in [0.05, 0.1) is 23.9 Å². The molecule has 0 aromatic heterocycles. The molecule has 0 aliphatic carbocycles. The zero-order valence-corrected chi connectivity index (χ0v) is 11.9. The van der Waals surface area contributed by atoms with E-state index in [1.165, 1.54) is 9.21 Å². The highest BCUT2D eigenvalue weighted by Crippen LogP contribution is 2.16. The molecule has 0 radical (unpaired) electrons. The molecule has 0 spiro atoms. The molecule has 2 rings (SSSR count). The van der Waals surface area contributed by atoms with Gasteiger partial charge in [-0.1, -0.05) is 18.2 Å². The van der Waals surface area contributed by atoms with Crippen molar-refractivity contribution >= 4 is 15.9 Å². The molecule has 1 fully saturated rings. The van der Waals surface area contributed by atoms with Crippen LogP contribution >= 0.6 is 0 Å². The molecule has 0 unspecified atom stereocenters. The topological polar surface area (TPSA) is 81.5 Å². The summed E-state index contributed by atoms with van der Waals surface area (Å²) in [7, 11) is -1.94. The van der Waals surface area contributed by atoms with Crippen LogP contribution in [0, 0.1) is 11.3 Å². The standard InChI is InChI=1S/C13H15N3O3S/c1-15-6-7-16(9-13(15)17)20(18,19)10-12-5-3-2-4-11(12)8-14/h2-5H,6-7,9-10H2,1H3. The van der Waals surface area contributed by atoms with Gasteiger partial charge in [-0.3, -0.25) is 4.79 Å². The maximum atomic E-state index is 12.3. The number of hydrogen-bond acceptors (Lipinski definition) is 4. The predicted molar refractivity (Wildman–Crippen MR) is 73.0 cm³/mol. The highest BCUT2D eigenvalue weighted by atomic mass is 32.2. The van der Waals surface area contributed by atoms with Crippen molar-refractivity contribution in [3.05, 3.63) is 35.4 Å². The summed E-state index contributed by atoms with van der Waals surface area (Å²) < 4.78 is 25.8. The maximum Gasteiger partial charge on any atom is 0.237 e. The number of likely N-dealkylation sites (N-methyl/N-ethyl adjacent to an activating group) is 1. The number of carbonyl (C=O) groups excluding carboxylic acids is 1. The first-order valence-corrected chi connectivity index (χ1v) is 7.75. The Morgan fingerprint density at radius 2 is 2.00 bits per heavy atom. The van der Waals surface area contributed by atoms with E-state index < -0.39 is 10.0 Å². The lowest BCUT2D eigenvalue weighted by atomic mass is 10.1. The van der Waals surface area contributed by atoms with Gasteiger partial charge in [0.1, 0.15) is 0 Å². The Kier molecular flexibility index (Phi) is 4.06. The molecule has 0 N–H and O–H groups in total. The smallest absolute Gasteiger partial charge is 0.237 e. The minimum absolute atomic E-state index is 0.131. The van der Waals surface area contributed by atoms with Crippen LogP contribution < -0.4 is 0 Å². The van der Waals surface area contributed by atoms with Crippen LogP contribution in [0.15, 0.2) is 24.3 Å². The summed E-state index contributed by atoms with van der Waals surface area (Å²) in [6, 6.07) is 8.56.